The second-order valence-corrected chi connectivity index (χ2v) is 6.71. The van der Waals surface area contributed by atoms with Crippen LogP contribution >= 0.6 is 23.2 Å². The van der Waals surface area contributed by atoms with E-state index < -0.39 is 17.3 Å². The number of hydrogen-bond donors (Lipinski definition) is 1. The first-order valence-corrected chi connectivity index (χ1v) is 8.73. The Balaban J connectivity index is 1.88. The summed E-state index contributed by atoms with van der Waals surface area (Å²) in [6.07, 6.45) is 1.38. The minimum absolute atomic E-state index is 0.00462. The Labute approximate surface area is 167 Å². The van der Waals surface area contributed by atoms with E-state index in [1.807, 2.05) is 0 Å². The highest BCUT2D eigenvalue weighted by molar-refractivity contribution is 6.37. The van der Waals surface area contributed by atoms with Gasteiger partial charge in [-0.1, -0.05) is 29.3 Å². The topological polar surface area (TPSA) is 64.7 Å². The third kappa shape index (κ3) is 3.00. The molecular formula is C18H11Cl2F2N5O. The number of hydrogen-bond acceptors (Lipinski definition) is 4. The van der Waals surface area contributed by atoms with E-state index in [1.165, 1.54) is 22.4 Å². The summed E-state index contributed by atoms with van der Waals surface area (Å²) in [6, 6.07) is 7.85. The summed E-state index contributed by atoms with van der Waals surface area (Å²) in [5.74, 6) is -1.29. The number of nitrogens with one attached hydrogen (secondary N) is 1. The molecule has 0 amide bonds. The predicted molar refractivity (Wildman–Crippen MR) is 104 cm³/mol. The molecule has 0 unspecified atom stereocenters. The number of para-hydroxylation sites is 1. The molecule has 142 valence electrons. The van der Waals surface area contributed by atoms with E-state index in [-0.39, 0.29) is 27.3 Å². The van der Waals surface area contributed by atoms with Crippen LogP contribution in [0.5, 0.6) is 0 Å². The van der Waals surface area contributed by atoms with Gasteiger partial charge in [0.1, 0.15) is 17.2 Å². The van der Waals surface area contributed by atoms with E-state index in [0.29, 0.717) is 11.2 Å². The van der Waals surface area contributed by atoms with Crippen LogP contribution in [-0.4, -0.2) is 19.1 Å². The molecule has 0 aliphatic heterocycles. The zero-order valence-electron chi connectivity index (χ0n) is 14.3. The minimum Gasteiger partial charge on any atom is -0.322 e. The van der Waals surface area contributed by atoms with Crippen LogP contribution < -0.4 is 11.0 Å². The smallest absolute Gasteiger partial charge is 0.322 e. The number of fused-ring (bicyclic) bond motifs is 1. The van der Waals surface area contributed by atoms with Gasteiger partial charge in [0.05, 0.1) is 27.6 Å². The molecule has 0 radical (unpaired) electrons. The first-order valence-electron chi connectivity index (χ1n) is 7.98. The number of nitrogens with zero attached hydrogens (tertiary/aromatic N) is 4. The average Bonchev–Trinajstić information content (AvgIpc) is 2.90. The Bertz CT molecular complexity index is 1260. The Morgan fingerprint density at radius 2 is 1.82 bits per heavy atom. The lowest BCUT2D eigenvalue weighted by atomic mass is 10.3. The molecule has 2 aromatic heterocycles. The first kappa shape index (κ1) is 18.4. The molecule has 4 aromatic rings. The van der Waals surface area contributed by atoms with Crippen molar-refractivity contribution in [1.29, 1.82) is 0 Å². The summed E-state index contributed by atoms with van der Waals surface area (Å²) in [7, 11) is 1.52. The molecule has 0 saturated carbocycles. The lowest BCUT2D eigenvalue weighted by molar-refractivity contribution is 0.603. The Morgan fingerprint density at radius 3 is 2.54 bits per heavy atom. The average molecular weight is 422 g/mol. The summed E-state index contributed by atoms with van der Waals surface area (Å²) in [5.41, 5.74) is 0.358. The maximum atomic E-state index is 13.9. The molecule has 0 spiro atoms. The molecule has 10 heteroatoms. The van der Waals surface area contributed by atoms with Gasteiger partial charge in [0.2, 0.25) is 5.95 Å². The molecule has 0 fully saturated rings. The molecule has 2 aromatic carbocycles. The van der Waals surface area contributed by atoms with Crippen LogP contribution in [-0.2, 0) is 7.05 Å². The number of rotatable bonds is 3. The summed E-state index contributed by atoms with van der Waals surface area (Å²) in [6.45, 7) is 0. The predicted octanol–water partition coefficient (Wildman–Crippen LogP) is 4.45. The highest BCUT2D eigenvalue weighted by atomic mass is 35.5. The van der Waals surface area contributed by atoms with Crippen LogP contribution in [0.25, 0.3) is 16.9 Å². The molecule has 0 aliphatic rings. The van der Waals surface area contributed by atoms with E-state index in [1.54, 1.807) is 18.2 Å². The molecule has 1 N–H and O–H groups in total. The van der Waals surface area contributed by atoms with Crippen molar-refractivity contribution < 1.29 is 8.78 Å². The highest BCUT2D eigenvalue weighted by Gasteiger charge is 2.19. The standard InChI is InChI=1S/C18H11Cl2F2N5O/c1-26-16-14(27(18(26)28)15-10(19)3-2-4-11(15)20)8-23-17(25-16)24-13-7-9(21)5-6-12(13)22/h2-8H,1H3,(H,23,24,25). The van der Waals surface area contributed by atoms with E-state index >= 15 is 0 Å². The summed E-state index contributed by atoms with van der Waals surface area (Å²) < 4.78 is 29.8. The van der Waals surface area contributed by atoms with Crippen LogP contribution in [0.4, 0.5) is 20.4 Å². The van der Waals surface area contributed by atoms with Gasteiger partial charge in [-0.3, -0.25) is 9.13 Å². The van der Waals surface area contributed by atoms with E-state index in [0.717, 1.165) is 18.2 Å². The maximum Gasteiger partial charge on any atom is 0.334 e. The lowest BCUT2D eigenvalue weighted by Gasteiger charge is -2.08. The van der Waals surface area contributed by atoms with Crippen molar-refractivity contribution in [1.82, 2.24) is 19.1 Å². The quantitative estimate of drug-likeness (QED) is 0.530. The molecule has 0 atom stereocenters. The summed E-state index contributed by atoms with van der Waals surface area (Å²) in [5, 5.41) is 3.18. The molecular weight excluding hydrogens is 411 g/mol. The Kier molecular flexibility index (Phi) is 4.52. The van der Waals surface area contributed by atoms with Crippen molar-refractivity contribution in [3.63, 3.8) is 0 Å². The number of aromatic nitrogens is 4. The molecule has 0 saturated heterocycles. The second kappa shape index (κ2) is 6.88. The fourth-order valence-electron chi connectivity index (χ4n) is 2.81. The van der Waals surface area contributed by atoms with Gasteiger partial charge in [-0.05, 0) is 24.3 Å². The van der Waals surface area contributed by atoms with Gasteiger partial charge in [0.15, 0.2) is 5.65 Å². The molecule has 6 nitrogen and oxygen atoms in total. The number of anilines is 2. The fraction of sp³-hybridized carbons (Fsp3) is 0.0556. The molecule has 28 heavy (non-hydrogen) atoms. The monoisotopic (exact) mass is 421 g/mol. The third-order valence-corrected chi connectivity index (χ3v) is 4.73. The first-order chi connectivity index (χ1) is 13.4. The van der Waals surface area contributed by atoms with Gasteiger partial charge in [-0.25, -0.2) is 18.6 Å². The third-order valence-electron chi connectivity index (χ3n) is 4.12. The van der Waals surface area contributed by atoms with Crippen molar-refractivity contribution in [2.45, 2.75) is 0 Å². The molecule has 4 rings (SSSR count). The number of aryl methyl sites for hydroxylation is 1. The summed E-state index contributed by atoms with van der Waals surface area (Å²) in [4.78, 5) is 21.1. The van der Waals surface area contributed by atoms with Crippen molar-refractivity contribution in [3.8, 4) is 5.69 Å². The highest BCUT2D eigenvalue weighted by Crippen LogP contribution is 2.30. The van der Waals surface area contributed by atoms with Crippen LogP contribution in [0.3, 0.4) is 0 Å². The summed E-state index contributed by atoms with van der Waals surface area (Å²) >= 11 is 12.5. The van der Waals surface area contributed by atoms with Crippen LogP contribution in [0.1, 0.15) is 0 Å². The van der Waals surface area contributed by atoms with Crippen molar-refractivity contribution in [2.24, 2.45) is 7.05 Å². The van der Waals surface area contributed by atoms with Crippen molar-refractivity contribution in [3.05, 3.63) is 74.8 Å². The van der Waals surface area contributed by atoms with Crippen LogP contribution in [0.2, 0.25) is 10.0 Å². The van der Waals surface area contributed by atoms with Gasteiger partial charge >= 0.3 is 5.69 Å². The van der Waals surface area contributed by atoms with E-state index in [2.05, 4.69) is 15.3 Å². The number of halogens is 4. The van der Waals surface area contributed by atoms with Crippen LogP contribution in [0.15, 0.2) is 47.4 Å². The minimum atomic E-state index is -0.667. The van der Waals surface area contributed by atoms with Gasteiger partial charge in [0, 0.05) is 13.1 Å². The Morgan fingerprint density at radius 1 is 1.11 bits per heavy atom. The lowest BCUT2D eigenvalue weighted by Crippen LogP contribution is -2.21. The second-order valence-electron chi connectivity index (χ2n) is 5.90. The number of imidazole rings is 1. The van der Waals surface area contributed by atoms with E-state index in [9.17, 15) is 13.6 Å². The zero-order chi connectivity index (χ0) is 20.0. The van der Waals surface area contributed by atoms with Crippen molar-refractivity contribution in [2.75, 3.05) is 5.32 Å². The van der Waals surface area contributed by atoms with Crippen LogP contribution in [0, 0.1) is 11.6 Å². The van der Waals surface area contributed by atoms with Crippen molar-refractivity contribution >= 4 is 46.0 Å². The molecule has 0 aliphatic carbocycles. The Hall–Kier alpha value is -2.97. The maximum absolute atomic E-state index is 13.9. The van der Waals surface area contributed by atoms with E-state index in [4.69, 9.17) is 23.2 Å². The van der Waals surface area contributed by atoms with Gasteiger partial charge in [0.25, 0.3) is 0 Å². The largest absolute Gasteiger partial charge is 0.334 e. The van der Waals surface area contributed by atoms with Gasteiger partial charge in [-0.2, -0.15) is 4.98 Å². The molecule has 0 bridgehead atoms. The van der Waals surface area contributed by atoms with Gasteiger partial charge in [-0.15, -0.1) is 0 Å². The normalized spacial score (nSPS) is 11.2. The molecule has 2 heterocycles. The number of benzene rings is 2. The zero-order valence-corrected chi connectivity index (χ0v) is 15.8. The fourth-order valence-corrected chi connectivity index (χ4v) is 3.37. The SMILES string of the molecule is Cn1c(=O)n(-c2c(Cl)cccc2Cl)c2cnc(Nc3cc(F)ccc3F)nc21. The van der Waals surface area contributed by atoms with Gasteiger partial charge < -0.3 is 5.32 Å².